The molecule has 4 aromatic rings. The molecule has 0 spiro atoms. The number of hydrogen-bond acceptors (Lipinski definition) is 4. The van der Waals surface area contributed by atoms with Gasteiger partial charge in [-0.3, -0.25) is 0 Å². The molecule has 0 aromatic heterocycles. The average Bonchev–Trinajstić information content (AvgIpc) is 2.96. The molecule has 0 aliphatic carbocycles. The summed E-state index contributed by atoms with van der Waals surface area (Å²) in [6.07, 6.45) is 0. The number of aliphatic hydroxyl groups is 2. The normalized spacial score (nSPS) is 13.1. The highest BCUT2D eigenvalue weighted by molar-refractivity contribution is 7.20. The van der Waals surface area contributed by atoms with Gasteiger partial charge in [0.05, 0.1) is 22.4 Å². The zero-order valence-electron chi connectivity index (χ0n) is 27.0. The maximum Gasteiger partial charge on any atom is 0.309 e. The first-order valence-corrected chi connectivity index (χ1v) is 17.1. The molecule has 0 aliphatic heterocycles. The van der Waals surface area contributed by atoms with Crippen molar-refractivity contribution < 1.29 is 19.5 Å². The van der Waals surface area contributed by atoms with Gasteiger partial charge in [-0.2, -0.15) is 0 Å². The summed E-state index contributed by atoms with van der Waals surface area (Å²) in [7, 11) is -2.02. The molecule has 0 aliphatic rings. The predicted octanol–water partition coefficient (Wildman–Crippen LogP) is 2.15. The largest absolute Gasteiger partial charge is 0.427 e. The second-order valence-corrected chi connectivity index (χ2v) is 17.4. The van der Waals surface area contributed by atoms with E-state index in [0.717, 1.165) is 10.9 Å². The van der Waals surface area contributed by atoms with Crippen molar-refractivity contribution in [3.05, 3.63) is 109 Å². The standard InChI is InChI=1S/C36H46B2O4Si/c1-33(2,39)35(5,6)41-37-27-17-15-23-31(25-27)43(29-19-11-9-12-20-29,30-21-13-10-14-22-30)32-24-16-18-28(26-32)38-42-36(7,8)34(3,4)40/h9-26,37-40H,1-8H3. The van der Waals surface area contributed by atoms with Crippen molar-refractivity contribution in [2.24, 2.45) is 0 Å². The van der Waals surface area contributed by atoms with Crippen molar-refractivity contribution in [3.8, 4) is 0 Å². The van der Waals surface area contributed by atoms with E-state index in [0.29, 0.717) is 15.0 Å². The number of rotatable bonds is 12. The SMILES string of the molecule is CC(C)(O)C(C)(C)OBc1cccc([Si](c2ccccc2)(c2ccccc2)c2cccc(BOC(C)(C)C(C)(C)O)c2)c1. The third-order valence-electron chi connectivity index (χ3n) is 9.28. The summed E-state index contributed by atoms with van der Waals surface area (Å²) < 4.78 is 12.6. The Bertz CT molecular complexity index is 1380. The molecule has 4 rings (SSSR count). The van der Waals surface area contributed by atoms with Crippen molar-refractivity contribution in [2.75, 3.05) is 0 Å². The van der Waals surface area contributed by atoms with Gasteiger partial charge in [0.25, 0.3) is 0 Å². The smallest absolute Gasteiger partial charge is 0.309 e. The molecule has 0 fully saturated rings. The fourth-order valence-electron chi connectivity index (χ4n) is 5.05. The second-order valence-electron chi connectivity index (χ2n) is 13.6. The Morgan fingerprint density at radius 3 is 1.12 bits per heavy atom. The lowest BCUT2D eigenvalue weighted by atomic mass is 9.82. The van der Waals surface area contributed by atoms with Gasteiger partial charge in [-0.15, -0.1) is 0 Å². The Labute approximate surface area is 260 Å². The van der Waals surface area contributed by atoms with Crippen LogP contribution in [0.4, 0.5) is 0 Å². The Balaban J connectivity index is 1.88. The highest BCUT2D eigenvalue weighted by Crippen LogP contribution is 2.25. The minimum Gasteiger partial charge on any atom is -0.427 e. The fourth-order valence-corrected chi connectivity index (χ4v) is 9.93. The number of benzene rings is 4. The van der Waals surface area contributed by atoms with Crippen LogP contribution in [0, 0.1) is 0 Å². The summed E-state index contributed by atoms with van der Waals surface area (Å²) in [5.41, 5.74) is -1.29. The summed E-state index contributed by atoms with van der Waals surface area (Å²) in [5, 5.41) is 26.4. The van der Waals surface area contributed by atoms with Crippen molar-refractivity contribution in [2.45, 2.75) is 77.8 Å². The van der Waals surface area contributed by atoms with Gasteiger partial charge in [-0.25, -0.2) is 0 Å². The molecular formula is C36H46B2O4Si. The van der Waals surface area contributed by atoms with Gasteiger partial charge < -0.3 is 19.5 Å². The second kappa shape index (κ2) is 12.6. The van der Waals surface area contributed by atoms with E-state index in [4.69, 9.17) is 9.31 Å². The molecular weight excluding hydrogens is 546 g/mol. The minimum atomic E-state index is -2.80. The summed E-state index contributed by atoms with van der Waals surface area (Å²) in [6, 6.07) is 39.1. The van der Waals surface area contributed by atoms with Gasteiger partial charge in [-0.05, 0) is 76.1 Å². The van der Waals surface area contributed by atoms with Crippen LogP contribution in [0.3, 0.4) is 0 Å². The quantitative estimate of drug-likeness (QED) is 0.196. The van der Waals surface area contributed by atoms with E-state index in [2.05, 4.69) is 109 Å². The predicted molar refractivity (Wildman–Crippen MR) is 187 cm³/mol. The molecule has 0 bridgehead atoms. The van der Waals surface area contributed by atoms with Crippen molar-refractivity contribution >= 4 is 54.7 Å². The van der Waals surface area contributed by atoms with Crippen LogP contribution in [0.25, 0.3) is 0 Å². The van der Waals surface area contributed by atoms with Gasteiger partial charge >= 0.3 is 15.0 Å². The van der Waals surface area contributed by atoms with Crippen LogP contribution in [-0.4, -0.2) is 55.7 Å². The highest BCUT2D eigenvalue weighted by atomic mass is 28.3. The van der Waals surface area contributed by atoms with Crippen LogP contribution in [0.15, 0.2) is 109 Å². The molecule has 0 saturated carbocycles. The zero-order valence-corrected chi connectivity index (χ0v) is 28.0. The van der Waals surface area contributed by atoms with E-state index >= 15 is 0 Å². The topological polar surface area (TPSA) is 58.9 Å². The molecule has 4 nitrogen and oxygen atoms in total. The first-order chi connectivity index (χ1) is 20.1. The van der Waals surface area contributed by atoms with Crippen LogP contribution < -0.4 is 31.7 Å². The van der Waals surface area contributed by atoms with Gasteiger partial charge in [0, 0.05) is 0 Å². The van der Waals surface area contributed by atoms with E-state index in [1.54, 1.807) is 27.7 Å². The van der Waals surface area contributed by atoms with Gasteiger partial charge in [0.15, 0.2) is 8.07 Å². The van der Waals surface area contributed by atoms with E-state index in [-0.39, 0.29) is 0 Å². The summed E-state index contributed by atoms with van der Waals surface area (Å²) in [6.45, 7) is 14.8. The van der Waals surface area contributed by atoms with Crippen LogP contribution in [0.5, 0.6) is 0 Å². The monoisotopic (exact) mass is 592 g/mol. The van der Waals surface area contributed by atoms with E-state index in [1.165, 1.54) is 20.7 Å². The third kappa shape index (κ3) is 7.08. The van der Waals surface area contributed by atoms with Crippen LogP contribution >= 0.6 is 0 Å². The Kier molecular flexibility index (Phi) is 9.65. The maximum atomic E-state index is 10.7. The zero-order chi connectivity index (χ0) is 31.5. The molecule has 0 atom stereocenters. The molecule has 0 heterocycles. The minimum absolute atomic E-state index is 0.388. The molecule has 0 unspecified atom stereocenters. The maximum absolute atomic E-state index is 10.7. The van der Waals surface area contributed by atoms with Crippen molar-refractivity contribution in [1.82, 2.24) is 0 Å². The molecule has 224 valence electrons. The van der Waals surface area contributed by atoms with Gasteiger partial charge in [0.1, 0.15) is 0 Å². The molecule has 2 N–H and O–H groups in total. The Morgan fingerprint density at radius 2 is 0.791 bits per heavy atom. The van der Waals surface area contributed by atoms with Gasteiger partial charge in [-0.1, -0.05) is 120 Å². The number of hydrogen-bond donors (Lipinski definition) is 2. The van der Waals surface area contributed by atoms with E-state index in [1.807, 2.05) is 27.7 Å². The van der Waals surface area contributed by atoms with Crippen LogP contribution in [-0.2, 0) is 9.31 Å². The highest BCUT2D eigenvalue weighted by Gasteiger charge is 2.42. The van der Waals surface area contributed by atoms with Gasteiger partial charge in [0.2, 0.25) is 0 Å². The van der Waals surface area contributed by atoms with Crippen molar-refractivity contribution in [1.29, 1.82) is 0 Å². The Morgan fingerprint density at radius 1 is 0.465 bits per heavy atom. The van der Waals surface area contributed by atoms with Crippen LogP contribution in [0.2, 0.25) is 0 Å². The lowest BCUT2D eigenvalue weighted by Gasteiger charge is -2.38. The first-order valence-electron chi connectivity index (χ1n) is 15.1. The van der Waals surface area contributed by atoms with Crippen LogP contribution in [0.1, 0.15) is 55.4 Å². The summed E-state index contributed by atoms with van der Waals surface area (Å²) in [5.74, 6) is 0. The molecule has 0 amide bonds. The average molecular weight is 592 g/mol. The van der Waals surface area contributed by atoms with Crippen molar-refractivity contribution in [3.63, 3.8) is 0 Å². The summed E-state index contributed by atoms with van der Waals surface area (Å²) in [4.78, 5) is 0. The molecule has 0 saturated heterocycles. The molecule has 4 aromatic carbocycles. The Hall–Kier alpha value is -2.93. The molecule has 43 heavy (non-hydrogen) atoms. The first kappa shape index (κ1) is 33.0. The van der Waals surface area contributed by atoms with E-state index in [9.17, 15) is 10.2 Å². The lowest BCUT2D eigenvalue weighted by Crippen LogP contribution is -2.75. The lowest BCUT2D eigenvalue weighted by molar-refractivity contribution is -0.0893. The third-order valence-corrected chi connectivity index (χ3v) is 14.0. The molecule has 7 heteroatoms. The summed E-state index contributed by atoms with van der Waals surface area (Å²) >= 11 is 0. The fraction of sp³-hybridized carbons (Fsp3) is 0.333. The molecule has 0 radical (unpaired) electrons. The van der Waals surface area contributed by atoms with E-state index < -0.39 is 30.5 Å².